The summed E-state index contributed by atoms with van der Waals surface area (Å²) in [5, 5.41) is 8.56. The van der Waals surface area contributed by atoms with Crippen LogP contribution in [0, 0.1) is 6.92 Å². The van der Waals surface area contributed by atoms with E-state index in [4.69, 9.17) is 23.7 Å². The van der Waals surface area contributed by atoms with Gasteiger partial charge >= 0.3 is 24.2 Å². The molecule has 330 valence electrons. The van der Waals surface area contributed by atoms with Crippen LogP contribution < -0.4 is 30.2 Å². The number of aryl methyl sites for hydroxylation is 1. The fourth-order valence-electron chi connectivity index (χ4n) is 6.99. The maximum atomic E-state index is 13.1. The van der Waals surface area contributed by atoms with Crippen LogP contribution >= 0.6 is 15.9 Å². The topological polar surface area (TPSA) is 194 Å². The number of urea groups is 2. The molecule has 2 aromatic carbocycles. The van der Waals surface area contributed by atoms with Crippen molar-refractivity contribution in [3.8, 4) is 17.2 Å². The molecular formula is C42H59BrN6O11. The number of alkyl halides is 1. The number of carbonyl (C=O) groups is 6. The van der Waals surface area contributed by atoms with Gasteiger partial charge in [0.05, 0.1) is 27.9 Å². The van der Waals surface area contributed by atoms with Gasteiger partial charge in [-0.1, -0.05) is 22.0 Å². The number of rotatable bonds is 6. The second-order valence-corrected chi connectivity index (χ2v) is 17.6. The van der Waals surface area contributed by atoms with Crippen LogP contribution in [0.25, 0.3) is 0 Å². The lowest BCUT2D eigenvalue weighted by atomic mass is 9.87. The van der Waals surface area contributed by atoms with Gasteiger partial charge in [-0.3, -0.25) is 19.8 Å². The van der Waals surface area contributed by atoms with Crippen molar-refractivity contribution in [3.05, 3.63) is 53.1 Å². The number of likely N-dealkylation sites (tertiary alicyclic amines) is 2. The summed E-state index contributed by atoms with van der Waals surface area (Å²) in [6.07, 6.45) is 0.766. The molecule has 4 heterocycles. The molecule has 18 heteroatoms. The number of ether oxygens (including phenoxy) is 5. The summed E-state index contributed by atoms with van der Waals surface area (Å²) < 4.78 is 26.2. The first-order valence-corrected chi connectivity index (χ1v) is 20.8. The largest absolute Gasteiger partial charge is 0.497 e. The zero-order chi connectivity index (χ0) is 44.6. The summed E-state index contributed by atoms with van der Waals surface area (Å²) in [6, 6.07) is 10.6. The molecular weight excluding hydrogens is 844 g/mol. The van der Waals surface area contributed by atoms with Crippen molar-refractivity contribution in [1.82, 2.24) is 30.7 Å². The first-order chi connectivity index (χ1) is 28.0. The van der Waals surface area contributed by atoms with Crippen LogP contribution in [0.4, 0.5) is 19.2 Å². The van der Waals surface area contributed by atoms with Gasteiger partial charge in [-0.2, -0.15) is 0 Å². The Balaban J connectivity index is 0.000000219. The third-order valence-corrected chi connectivity index (χ3v) is 10.7. The highest BCUT2D eigenvalue weighted by Gasteiger charge is 2.53. The Hall–Kier alpha value is -5.26. The molecule has 60 heavy (non-hydrogen) atoms. The minimum Gasteiger partial charge on any atom is -0.497 e. The Labute approximate surface area is 360 Å². The second kappa shape index (κ2) is 19.4. The molecule has 0 radical (unpaired) electrons. The monoisotopic (exact) mass is 902 g/mol. The Morgan fingerprint density at radius 2 is 1.12 bits per heavy atom. The number of benzene rings is 2. The maximum absolute atomic E-state index is 13.1. The Morgan fingerprint density at radius 1 is 0.667 bits per heavy atom. The van der Waals surface area contributed by atoms with Crippen LogP contribution in [0.2, 0.25) is 0 Å². The fourth-order valence-corrected chi connectivity index (χ4v) is 7.32. The number of hydrogen-bond acceptors (Lipinski definition) is 11. The van der Waals surface area contributed by atoms with Gasteiger partial charge in [-0.15, -0.1) is 0 Å². The summed E-state index contributed by atoms with van der Waals surface area (Å²) >= 11 is 3.37. The lowest BCUT2D eigenvalue weighted by Crippen LogP contribution is -2.56. The molecule has 0 unspecified atom stereocenters. The number of methoxy groups -OCH3 is 3. The minimum absolute atomic E-state index is 0.181. The second-order valence-electron chi connectivity index (χ2n) is 17.0. The number of carbonyl (C=O) groups excluding carboxylic acids is 6. The number of piperidine rings is 2. The summed E-state index contributed by atoms with van der Waals surface area (Å²) in [6.45, 7) is 14.5. The maximum Gasteiger partial charge on any atom is 0.410 e. The summed E-state index contributed by atoms with van der Waals surface area (Å²) in [7, 11) is 4.87. The predicted molar refractivity (Wildman–Crippen MR) is 225 cm³/mol. The van der Waals surface area contributed by atoms with E-state index in [0.717, 1.165) is 33.5 Å². The van der Waals surface area contributed by atoms with Crippen LogP contribution in [-0.4, -0.2) is 121 Å². The molecule has 0 saturated carbocycles. The van der Waals surface area contributed by atoms with Gasteiger partial charge in [-0.05, 0) is 115 Å². The van der Waals surface area contributed by atoms with Crippen LogP contribution in [0.3, 0.4) is 0 Å². The number of nitrogens with zero attached hydrogens (tertiary/aromatic N) is 3. The van der Waals surface area contributed by atoms with E-state index >= 15 is 0 Å². The van der Waals surface area contributed by atoms with E-state index in [2.05, 4.69) is 31.9 Å². The van der Waals surface area contributed by atoms with Crippen LogP contribution in [-0.2, 0) is 30.9 Å². The first-order valence-electron chi connectivity index (χ1n) is 19.7. The molecule has 3 N–H and O–H groups in total. The van der Waals surface area contributed by atoms with Crippen molar-refractivity contribution in [1.29, 1.82) is 0 Å². The van der Waals surface area contributed by atoms with Gasteiger partial charge in [0, 0.05) is 37.6 Å². The SMILES string of the molecule is CC(C)(C)OC(=O)N1CCC2(CC1)NC(=O)NC2=O.COc1cc(C)cc(CN2C(=O)NC3(CCN(C(=O)OC(C)(C)C)CC3)C2=O)c1.COc1cc(CBr)cc(OC)c1. The molecule has 0 aromatic heterocycles. The smallest absolute Gasteiger partial charge is 0.410 e. The molecule has 4 fully saturated rings. The molecule has 2 spiro atoms. The van der Waals surface area contributed by atoms with Gasteiger partial charge in [0.15, 0.2) is 0 Å². The molecule has 8 amide bonds. The van der Waals surface area contributed by atoms with Crippen LogP contribution in [0.1, 0.15) is 83.9 Å². The Bertz CT molecular complexity index is 1860. The Kier molecular flexibility index (Phi) is 15.3. The van der Waals surface area contributed by atoms with E-state index < -0.39 is 40.4 Å². The van der Waals surface area contributed by atoms with E-state index in [-0.39, 0.29) is 24.5 Å². The van der Waals surface area contributed by atoms with Gasteiger partial charge in [0.2, 0.25) is 0 Å². The van der Waals surface area contributed by atoms with E-state index in [9.17, 15) is 28.8 Å². The van der Waals surface area contributed by atoms with Crippen molar-refractivity contribution in [2.24, 2.45) is 0 Å². The predicted octanol–water partition coefficient (Wildman–Crippen LogP) is 6.02. The van der Waals surface area contributed by atoms with Gasteiger partial charge < -0.3 is 44.1 Å². The molecule has 0 bridgehead atoms. The summed E-state index contributed by atoms with van der Waals surface area (Å²) in [5.41, 5.74) is 0.0473. The minimum atomic E-state index is -0.955. The number of amides is 8. The third kappa shape index (κ3) is 12.4. The molecule has 4 aliphatic heterocycles. The zero-order valence-corrected chi connectivity index (χ0v) is 37.8. The first kappa shape index (κ1) is 47.4. The molecule has 0 atom stereocenters. The number of hydrogen-bond donors (Lipinski definition) is 3. The highest BCUT2D eigenvalue weighted by Crippen LogP contribution is 2.32. The molecule has 4 saturated heterocycles. The van der Waals surface area contributed by atoms with Crippen molar-refractivity contribution in [2.45, 2.75) is 108 Å². The molecule has 2 aromatic rings. The van der Waals surface area contributed by atoms with Gasteiger partial charge in [-0.25, -0.2) is 19.2 Å². The van der Waals surface area contributed by atoms with E-state index in [1.165, 1.54) is 4.90 Å². The van der Waals surface area contributed by atoms with Crippen molar-refractivity contribution >= 4 is 52.0 Å². The third-order valence-electron chi connectivity index (χ3n) is 10.1. The quantitative estimate of drug-likeness (QED) is 0.227. The van der Waals surface area contributed by atoms with Crippen LogP contribution in [0.5, 0.6) is 17.2 Å². The standard InChI is InChI=1S/C21H29N3O5.C12H19N3O4.C9H11BrO2/c1-14-10-15(12-16(11-14)28-5)13-24-17(25)21(22-18(24)26)6-8-23(9-7-21)19(27)29-20(2,3)4;1-11(2,3)19-10(18)15-6-4-12(5-7-15)8(16)13-9(17)14-12;1-11-8-3-7(6-10)4-9(5-8)12-2/h10-12H,6-9,13H2,1-5H3,(H,22,26);4-7H2,1-3H3,(H2,13,14,16,17);3-5H,6H2,1-2H3. The molecule has 17 nitrogen and oxygen atoms in total. The van der Waals surface area contributed by atoms with Gasteiger partial charge in [0.25, 0.3) is 11.8 Å². The average molecular weight is 904 g/mol. The number of imide groups is 2. The van der Waals surface area contributed by atoms with Crippen LogP contribution in [0.15, 0.2) is 36.4 Å². The highest BCUT2D eigenvalue weighted by atomic mass is 79.9. The summed E-state index contributed by atoms with van der Waals surface area (Å²) in [4.78, 5) is 77.1. The van der Waals surface area contributed by atoms with E-state index in [0.29, 0.717) is 57.6 Å². The van der Waals surface area contributed by atoms with Crippen molar-refractivity contribution in [2.75, 3.05) is 47.5 Å². The fraction of sp³-hybridized carbons (Fsp3) is 0.571. The van der Waals surface area contributed by atoms with Crippen molar-refractivity contribution in [3.63, 3.8) is 0 Å². The molecule has 0 aliphatic carbocycles. The lowest BCUT2D eigenvalue weighted by molar-refractivity contribution is -0.133. The van der Waals surface area contributed by atoms with E-state index in [1.54, 1.807) is 51.9 Å². The van der Waals surface area contributed by atoms with Crippen molar-refractivity contribution < 1.29 is 52.5 Å². The molecule has 6 rings (SSSR count). The highest BCUT2D eigenvalue weighted by molar-refractivity contribution is 9.08. The molecule has 4 aliphatic rings. The summed E-state index contributed by atoms with van der Waals surface area (Å²) in [5.74, 6) is 1.79. The Morgan fingerprint density at radius 3 is 1.53 bits per heavy atom. The van der Waals surface area contributed by atoms with Gasteiger partial charge in [0.1, 0.15) is 39.5 Å². The lowest BCUT2D eigenvalue weighted by Gasteiger charge is -2.37. The number of nitrogens with one attached hydrogen (secondary N) is 3. The average Bonchev–Trinajstić information content (AvgIpc) is 3.58. The normalized spacial score (nSPS) is 18.0. The zero-order valence-electron chi connectivity index (χ0n) is 36.2. The van der Waals surface area contributed by atoms with E-state index in [1.807, 2.05) is 64.1 Å². The number of halogens is 1.